The van der Waals surface area contributed by atoms with Gasteiger partial charge >= 0.3 is 0 Å². The van der Waals surface area contributed by atoms with Crippen LogP contribution in [-0.2, 0) is 13.5 Å². The van der Waals surface area contributed by atoms with Crippen LogP contribution in [0.15, 0.2) is 30.6 Å². The average molecular weight is 264 g/mol. The molecule has 2 rings (SSSR count). The molecule has 0 amide bonds. The summed E-state index contributed by atoms with van der Waals surface area (Å²) in [6.07, 6.45) is 4.32. The third-order valence-corrected chi connectivity index (χ3v) is 3.02. The number of hydrogen-bond acceptors (Lipinski definition) is 3. The van der Waals surface area contributed by atoms with Crippen LogP contribution in [0.25, 0.3) is 0 Å². The maximum atomic E-state index is 13.3. The van der Waals surface area contributed by atoms with Crippen LogP contribution in [0.5, 0.6) is 5.75 Å². The van der Waals surface area contributed by atoms with Crippen LogP contribution in [0, 0.1) is 5.82 Å². The highest BCUT2D eigenvalue weighted by Gasteiger charge is 2.11. The van der Waals surface area contributed by atoms with Crippen LogP contribution in [0.3, 0.4) is 0 Å². The van der Waals surface area contributed by atoms with Crippen molar-refractivity contribution in [1.29, 1.82) is 0 Å². The molecule has 0 spiro atoms. The molecule has 0 saturated heterocycles. The summed E-state index contributed by atoms with van der Waals surface area (Å²) >= 11 is 0. The first-order valence-electron chi connectivity index (χ1n) is 6.09. The van der Waals surface area contributed by atoms with E-state index in [1.165, 1.54) is 19.2 Å². The number of aliphatic hydroxyl groups excluding tert-OH is 1. The molecule has 0 radical (unpaired) electrons. The van der Waals surface area contributed by atoms with Crippen LogP contribution < -0.4 is 4.74 Å². The number of nitrogens with zero attached hydrogens (tertiary/aromatic N) is 2. The van der Waals surface area contributed by atoms with Gasteiger partial charge in [-0.05, 0) is 36.1 Å². The molecule has 102 valence electrons. The molecule has 1 aromatic heterocycles. The van der Waals surface area contributed by atoms with Crippen molar-refractivity contribution in [2.45, 2.75) is 18.9 Å². The topological polar surface area (TPSA) is 47.3 Å². The van der Waals surface area contributed by atoms with Crippen molar-refractivity contribution < 1.29 is 14.2 Å². The van der Waals surface area contributed by atoms with Crippen LogP contribution in [0.1, 0.15) is 23.7 Å². The fourth-order valence-corrected chi connectivity index (χ4v) is 1.95. The number of benzene rings is 1. The van der Waals surface area contributed by atoms with Crippen LogP contribution in [-0.4, -0.2) is 22.0 Å². The normalized spacial score (nSPS) is 12.4. The minimum absolute atomic E-state index is 0.151. The lowest BCUT2D eigenvalue weighted by atomic mass is 10.0. The van der Waals surface area contributed by atoms with Crippen molar-refractivity contribution in [3.63, 3.8) is 0 Å². The van der Waals surface area contributed by atoms with E-state index in [-0.39, 0.29) is 5.75 Å². The lowest BCUT2D eigenvalue weighted by Gasteiger charge is -2.12. The summed E-state index contributed by atoms with van der Waals surface area (Å²) in [5.74, 6) is -0.274. The first-order valence-corrected chi connectivity index (χ1v) is 6.09. The number of halogens is 1. The second-order valence-corrected chi connectivity index (χ2v) is 4.47. The Bertz CT molecular complexity index is 554. The Hall–Kier alpha value is -1.88. The van der Waals surface area contributed by atoms with E-state index < -0.39 is 11.9 Å². The van der Waals surface area contributed by atoms with Gasteiger partial charge in [-0.1, -0.05) is 6.07 Å². The summed E-state index contributed by atoms with van der Waals surface area (Å²) in [5, 5.41) is 14.2. The Morgan fingerprint density at radius 2 is 2.26 bits per heavy atom. The summed E-state index contributed by atoms with van der Waals surface area (Å²) in [7, 11) is 3.26. The van der Waals surface area contributed by atoms with Crippen molar-refractivity contribution in [3.05, 3.63) is 47.5 Å². The molecule has 0 aliphatic heterocycles. The van der Waals surface area contributed by atoms with Gasteiger partial charge in [0.1, 0.15) is 0 Å². The molecule has 0 aliphatic rings. The van der Waals surface area contributed by atoms with Gasteiger partial charge in [-0.2, -0.15) is 5.10 Å². The van der Waals surface area contributed by atoms with Crippen molar-refractivity contribution in [2.24, 2.45) is 7.05 Å². The van der Waals surface area contributed by atoms with E-state index in [0.29, 0.717) is 18.4 Å². The predicted octanol–water partition coefficient (Wildman–Crippen LogP) is 2.23. The minimum Gasteiger partial charge on any atom is -0.494 e. The zero-order chi connectivity index (χ0) is 13.8. The summed E-state index contributed by atoms with van der Waals surface area (Å²) in [5.41, 5.74) is 1.72. The van der Waals surface area contributed by atoms with Crippen molar-refractivity contribution >= 4 is 0 Å². The largest absolute Gasteiger partial charge is 0.494 e. The monoisotopic (exact) mass is 264 g/mol. The van der Waals surface area contributed by atoms with Crippen LogP contribution >= 0.6 is 0 Å². The molecule has 0 fully saturated rings. The number of aliphatic hydroxyl groups is 1. The van der Waals surface area contributed by atoms with Gasteiger partial charge in [-0.15, -0.1) is 0 Å². The van der Waals surface area contributed by atoms with Gasteiger partial charge in [0, 0.05) is 13.2 Å². The number of aryl methyl sites for hydroxylation is 2. The molecule has 1 atom stereocenters. The van der Waals surface area contributed by atoms with Gasteiger partial charge in [0.25, 0.3) is 0 Å². The fourth-order valence-electron chi connectivity index (χ4n) is 1.95. The number of hydrogen-bond donors (Lipinski definition) is 1. The second-order valence-electron chi connectivity index (χ2n) is 4.47. The van der Waals surface area contributed by atoms with E-state index >= 15 is 0 Å². The number of aromatic nitrogens is 2. The number of methoxy groups -OCH3 is 1. The van der Waals surface area contributed by atoms with Gasteiger partial charge in [-0.25, -0.2) is 4.39 Å². The molecule has 1 N–H and O–H groups in total. The molecular formula is C14H17FN2O2. The molecule has 1 unspecified atom stereocenters. The lowest BCUT2D eigenvalue weighted by Crippen LogP contribution is -2.01. The van der Waals surface area contributed by atoms with E-state index in [1.807, 2.05) is 13.2 Å². The van der Waals surface area contributed by atoms with Gasteiger partial charge in [0.15, 0.2) is 11.6 Å². The van der Waals surface area contributed by atoms with Gasteiger partial charge in [0.05, 0.1) is 19.4 Å². The SMILES string of the molecule is COc1cc(C(O)CCc2cnn(C)c2)ccc1F. The molecule has 4 nitrogen and oxygen atoms in total. The van der Waals surface area contributed by atoms with Gasteiger partial charge < -0.3 is 9.84 Å². The van der Waals surface area contributed by atoms with Crippen molar-refractivity contribution in [1.82, 2.24) is 9.78 Å². The Balaban J connectivity index is 2.01. The van der Waals surface area contributed by atoms with Crippen LogP contribution in [0.4, 0.5) is 4.39 Å². The highest BCUT2D eigenvalue weighted by atomic mass is 19.1. The van der Waals surface area contributed by atoms with E-state index in [2.05, 4.69) is 5.10 Å². The zero-order valence-electron chi connectivity index (χ0n) is 11.0. The molecule has 1 aromatic carbocycles. The lowest BCUT2D eigenvalue weighted by molar-refractivity contribution is 0.167. The number of ether oxygens (including phenoxy) is 1. The summed E-state index contributed by atoms with van der Waals surface area (Å²) < 4.78 is 19.9. The zero-order valence-corrected chi connectivity index (χ0v) is 11.0. The van der Waals surface area contributed by atoms with E-state index in [9.17, 15) is 9.50 Å². The summed E-state index contributed by atoms with van der Waals surface area (Å²) in [4.78, 5) is 0. The maximum absolute atomic E-state index is 13.3. The second kappa shape index (κ2) is 5.84. The first-order chi connectivity index (χ1) is 9.10. The van der Waals surface area contributed by atoms with E-state index in [0.717, 1.165) is 5.56 Å². The third-order valence-electron chi connectivity index (χ3n) is 3.02. The Kier molecular flexibility index (Phi) is 4.16. The molecule has 2 aromatic rings. The van der Waals surface area contributed by atoms with Crippen molar-refractivity contribution in [3.8, 4) is 5.75 Å². The standard InChI is InChI=1S/C14H17FN2O2/c1-17-9-10(8-16-17)3-6-13(18)11-4-5-12(15)14(7-11)19-2/h4-5,7-9,13,18H,3,6H2,1-2H3. The highest BCUT2D eigenvalue weighted by molar-refractivity contribution is 5.31. The first kappa shape index (κ1) is 13.5. The Morgan fingerprint density at radius 1 is 1.47 bits per heavy atom. The summed E-state index contributed by atoms with van der Waals surface area (Å²) in [6.45, 7) is 0. The van der Waals surface area contributed by atoms with Gasteiger partial charge in [-0.3, -0.25) is 4.68 Å². The fraction of sp³-hybridized carbons (Fsp3) is 0.357. The molecule has 0 bridgehead atoms. The quantitative estimate of drug-likeness (QED) is 0.901. The average Bonchev–Trinajstić information content (AvgIpc) is 2.82. The molecule has 5 heteroatoms. The predicted molar refractivity (Wildman–Crippen MR) is 69.4 cm³/mol. The minimum atomic E-state index is -0.644. The summed E-state index contributed by atoms with van der Waals surface area (Å²) in [6, 6.07) is 4.41. The molecular weight excluding hydrogens is 247 g/mol. The highest BCUT2D eigenvalue weighted by Crippen LogP contribution is 2.25. The molecule has 1 heterocycles. The molecule has 0 saturated carbocycles. The number of rotatable bonds is 5. The third kappa shape index (κ3) is 3.32. The molecule has 19 heavy (non-hydrogen) atoms. The van der Waals surface area contributed by atoms with Crippen molar-refractivity contribution in [2.75, 3.05) is 7.11 Å². The smallest absolute Gasteiger partial charge is 0.165 e. The Morgan fingerprint density at radius 3 is 2.89 bits per heavy atom. The van der Waals surface area contributed by atoms with Crippen LogP contribution in [0.2, 0.25) is 0 Å². The van der Waals surface area contributed by atoms with Gasteiger partial charge in [0.2, 0.25) is 0 Å². The Labute approximate surface area is 111 Å². The molecule has 0 aliphatic carbocycles. The van der Waals surface area contributed by atoms with E-state index in [1.54, 1.807) is 16.9 Å². The maximum Gasteiger partial charge on any atom is 0.165 e. The van der Waals surface area contributed by atoms with E-state index in [4.69, 9.17) is 4.74 Å².